The van der Waals surface area contributed by atoms with Crippen LogP contribution in [0.5, 0.6) is 0 Å². The van der Waals surface area contributed by atoms with Gasteiger partial charge in [-0.15, -0.1) is 0 Å². The molecule has 0 spiro atoms. The zero-order valence-corrected chi connectivity index (χ0v) is 12.6. The molecular formula is C18H19N3. The summed E-state index contributed by atoms with van der Waals surface area (Å²) in [6.07, 6.45) is 0. The molecule has 0 aliphatic heterocycles. The molecule has 3 nitrogen and oxygen atoms in total. The number of H-pyrrole nitrogens is 1. The molecule has 106 valence electrons. The minimum absolute atomic E-state index is 0.538. The highest BCUT2D eigenvalue weighted by molar-refractivity contribution is 5.89. The van der Waals surface area contributed by atoms with E-state index >= 15 is 0 Å². The average Bonchev–Trinajstić information content (AvgIpc) is 2.83. The van der Waals surface area contributed by atoms with Gasteiger partial charge in [-0.05, 0) is 37.5 Å². The molecule has 0 bridgehead atoms. The Hall–Kier alpha value is -2.55. The molecule has 0 unspecified atom stereocenters. The summed E-state index contributed by atoms with van der Waals surface area (Å²) in [7, 11) is 0. The van der Waals surface area contributed by atoms with Gasteiger partial charge in [0.05, 0.1) is 11.3 Å². The molecule has 3 rings (SSSR count). The Morgan fingerprint density at radius 3 is 2.52 bits per heavy atom. The van der Waals surface area contributed by atoms with E-state index in [9.17, 15) is 0 Å². The predicted octanol–water partition coefficient (Wildman–Crippen LogP) is 4.25. The van der Waals surface area contributed by atoms with Gasteiger partial charge in [0.2, 0.25) is 0 Å². The summed E-state index contributed by atoms with van der Waals surface area (Å²) in [4.78, 5) is 0. The molecule has 0 saturated heterocycles. The predicted molar refractivity (Wildman–Crippen MR) is 88.1 cm³/mol. The second kappa shape index (κ2) is 5.09. The monoisotopic (exact) mass is 277 g/mol. The second-order valence-electron chi connectivity index (χ2n) is 5.48. The Morgan fingerprint density at radius 2 is 1.76 bits per heavy atom. The van der Waals surface area contributed by atoms with Gasteiger partial charge in [-0.3, -0.25) is 5.10 Å². The van der Waals surface area contributed by atoms with Crippen molar-refractivity contribution in [2.75, 3.05) is 5.73 Å². The molecule has 0 saturated carbocycles. The maximum Gasteiger partial charge on any atom is 0.153 e. The van der Waals surface area contributed by atoms with Crippen molar-refractivity contribution < 1.29 is 0 Å². The minimum Gasteiger partial charge on any atom is -0.382 e. The Balaban J connectivity index is 2.24. The van der Waals surface area contributed by atoms with E-state index in [-0.39, 0.29) is 0 Å². The van der Waals surface area contributed by atoms with Gasteiger partial charge in [0.25, 0.3) is 0 Å². The van der Waals surface area contributed by atoms with Crippen LogP contribution in [-0.2, 0) is 0 Å². The largest absolute Gasteiger partial charge is 0.382 e. The fourth-order valence-corrected chi connectivity index (χ4v) is 2.67. The Kier molecular flexibility index (Phi) is 3.26. The Bertz CT molecular complexity index is 800. The zero-order chi connectivity index (χ0) is 15.0. The molecule has 0 radical (unpaired) electrons. The van der Waals surface area contributed by atoms with Crippen LogP contribution in [0.2, 0.25) is 0 Å². The lowest BCUT2D eigenvalue weighted by Gasteiger charge is -2.10. The van der Waals surface area contributed by atoms with Gasteiger partial charge in [-0.25, -0.2) is 0 Å². The summed E-state index contributed by atoms with van der Waals surface area (Å²) in [5, 5.41) is 7.32. The van der Waals surface area contributed by atoms with Crippen molar-refractivity contribution in [3.63, 3.8) is 0 Å². The molecule has 3 aromatic rings. The van der Waals surface area contributed by atoms with Crippen molar-refractivity contribution in [2.45, 2.75) is 20.8 Å². The van der Waals surface area contributed by atoms with Crippen LogP contribution in [0.25, 0.3) is 22.4 Å². The number of aromatic amines is 1. The lowest BCUT2D eigenvalue weighted by molar-refractivity contribution is 1.10. The number of nitrogens with one attached hydrogen (secondary N) is 1. The first kappa shape index (κ1) is 13.4. The fourth-order valence-electron chi connectivity index (χ4n) is 2.67. The molecule has 1 aromatic heterocycles. The van der Waals surface area contributed by atoms with Crippen molar-refractivity contribution in [3.8, 4) is 22.4 Å². The molecule has 2 aromatic carbocycles. The highest BCUT2D eigenvalue weighted by atomic mass is 15.2. The highest BCUT2D eigenvalue weighted by Crippen LogP contribution is 2.36. The Labute approximate surface area is 124 Å². The van der Waals surface area contributed by atoms with E-state index in [0.29, 0.717) is 5.82 Å². The van der Waals surface area contributed by atoms with Crippen LogP contribution in [0, 0.1) is 20.8 Å². The molecule has 0 fully saturated rings. The molecular weight excluding hydrogens is 258 g/mol. The summed E-state index contributed by atoms with van der Waals surface area (Å²) in [6, 6.07) is 14.6. The van der Waals surface area contributed by atoms with Crippen molar-refractivity contribution in [1.82, 2.24) is 10.2 Å². The van der Waals surface area contributed by atoms with E-state index in [2.05, 4.69) is 67.4 Å². The van der Waals surface area contributed by atoms with E-state index in [1.54, 1.807) is 0 Å². The maximum atomic E-state index is 6.11. The number of benzene rings is 2. The number of hydrogen-bond donors (Lipinski definition) is 2. The fraction of sp³-hybridized carbons (Fsp3) is 0.167. The van der Waals surface area contributed by atoms with Crippen LogP contribution in [0.1, 0.15) is 16.7 Å². The number of anilines is 1. The van der Waals surface area contributed by atoms with Crippen molar-refractivity contribution in [1.29, 1.82) is 0 Å². The lowest BCUT2D eigenvalue weighted by Crippen LogP contribution is -1.91. The number of aromatic nitrogens is 2. The normalized spacial score (nSPS) is 10.8. The molecule has 1 heterocycles. The topological polar surface area (TPSA) is 54.7 Å². The molecule has 0 atom stereocenters. The molecule has 21 heavy (non-hydrogen) atoms. The number of nitrogens with zero attached hydrogens (tertiary/aromatic N) is 1. The van der Waals surface area contributed by atoms with Crippen LogP contribution in [0.15, 0.2) is 42.5 Å². The summed E-state index contributed by atoms with van der Waals surface area (Å²) in [6.45, 7) is 6.32. The smallest absolute Gasteiger partial charge is 0.153 e. The van der Waals surface area contributed by atoms with Crippen LogP contribution < -0.4 is 5.73 Å². The van der Waals surface area contributed by atoms with E-state index in [0.717, 1.165) is 22.4 Å². The van der Waals surface area contributed by atoms with Crippen molar-refractivity contribution in [2.24, 2.45) is 0 Å². The van der Waals surface area contributed by atoms with Crippen LogP contribution in [0.3, 0.4) is 0 Å². The molecule has 0 aliphatic carbocycles. The van der Waals surface area contributed by atoms with E-state index in [1.165, 1.54) is 16.7 Å². The zero-order valence-electron chi connectivity index (χ0n) is 12.6. The SMILES string of the molecule is Cc1cccc(-c2c(N)n[nH]c2-c2cccc(C)c2C)c1. The third-order valence-corrected chi connectivity index (χ3v) is 3.98. The number of aryl methyl sites for hydroxylation is 2. The number of nitrogens with two attached hydrogens (primary N) is 1. The first-order valence-electron chi connectivity index (χ1n) is 7.05. The van der Waals surface area contributed by atoms with Gasteiger partial charge in [-0.2, -0.15) is 5.10 Å². The summed E-state index contributed by atoms with van der Waals surface area (Å²) in [5.41, 5.74) is 14.0. The standard InChI is InChI=1S/C18H19N3/c1-11-6-4-8-14(10-11)16-17(20-21-18(16)19)15-9-5-7-12(2)13(15)3/h4-10H,1-3H3,(H3,19,20,21). The first-order valence-corrected chi connectivity index (χ1v) is 7.05. The minimum atomic E-state index is 0.538. The van der Waals surface area contributed by atoms with E-state index in [4.69, 9.17) is 5.73 Å². The maximum absolute atomic E-state index is 6.11. The van der Waals surface area contributed by atoms with Gasteiger partial charge in [0.1, 0.15) is 0 Å². The summed E-state index contributed by atoms with van der Waals surface area (Å²) in [5.74, 6) is 0.538. The third-order valence-electron chi connectivity index (χ3n) is 3.98. The number of rotatable bonds is 2. The van der Waals surface area contributed by atoms with Gasteiger partial charge in [-0.1, -0.05) is 48.0 Å². The Morgan fingerprint density at radius 1 is 1.00 bits per heavy atom. The van der Waals surface area contributed by atoms with Gasteiger partial charge >= 0.3 is 0 Å². The number of nitrogen functional groups attached to an aromatic ring is 1. The molecule has 3 N–H and O–H groups in total. The van der Waals surface area contributed by atoms with E-state index in [1.807, 2.05) is 6.07 Å². The van der Waals surface area contributed by atoms with Crippen molar-refractivity contribution >= 4 is 5.82 Å². The first-order chi connectivity index (χ1) is 10.1. The average molecular weight is 277 g/mol. The highest BCUT2D eigenvalue weighted by Gasteiger charge is 2.16. The summed E-state index contributed by atoms with van der Waals surface area (Å²) < 4.78 is 0. The van der Waals surface area contributed by atoms with Crippen molar-refractivity contribution in [3.05, 3.63) is 59.2 Å². The molecule has 3 heteroatoms. The van der Waals surface area contributed by atoms with E-state index < -0.39 is 0 Å². The summed E-state index contributed by atoms with van der Waals surface area (Å²) >= 11 is 0. The van der Waals surface area contributed by atoms with Crippen LogP contribution in [0.4, 0.5) is 5.82 Å². The number of hydrogen-bond acceptors (Lipinski definition) is 2. The van der Waals surface area contributed by atoms with Crippen LogP contribution >= 0.6 is 0 Å². The molecule has 0 aliphatic rings. The second-order valence-corrected chi connectivity index (χ2v) is 5.48. The quantitative estimate of drug-likeness (QED) is 0.735. The van der Waals surface area contributed by atoms with Crippen LogP contribution in [-0.4, -0.2) is 10.2 Å². The third kappa shape index (κ3) is 2.31. The van der Waals surface area contributed by atoms with Gasteiger partial charge in [0.15, 0.2) is 5.82 Å². The molecule has 0 amide bonds. The lowest BCUT2D eigenvalue weighted by atomic mass is 9.95. The van der Waals surface area contributed by atoms with Gasteiger partial charge in [0, 0.05) is 5.56 Å². The van der Waals surface area contributed by atoms with Gasteiger partial charge < -0.3 is 5.73 Å².